The van der Waals surface area contributed by atoms with Crippen LogP contribution in [-0.4, -0.2) is 35.1 Å². The average molecular weight is 334 g/mol. The number of piperazine rings is 1. The van der Waals surface area contributed by atoms with Crippen molar-refractivity contribution >= 4 is 28.4 Å². The second-order valence-electron chi connectivity index (χ2n) is 4.18. The Morgan fingerprint density at radius 3 is 3.06 bits per heavy atom. The topological polar surface area (TPSA) is 61.0 Å². The zero-order valence-corrected chi connectivity index (χ0v) is 11.5. The number of hydrogen-bond acceptors (Lipinski definition) is 4. The molecule has 1 aliphatic heterocycles. The van der Waals surface area contributed by atoms with E-state index in [2.05, 4.69) is 56.6 Å². The van der Waals surface area contributed by atoms with Crippen LogP contribution in [0.1, 0.15) is 13.8 Å². The maximum atomic E-state index is 11.5. The van der Waals surface area contributed by atoms with Gasteiger partial charge in [0.2, 0.25) is 0 Å². The van der Waals surface area contributed by atoms with Gasteiger partial charge in [-0.05, 0) is 36.4 Å². The number of rotatable bonds is 1. The molecule has 1 aromatic heterocycles. The highest BCUT2D eigenvalue weighted by Gasteiger charge is 2.25. The van der Waals surface area contributed by atoms with Gasteiger partial charge >= 0.3 is 0 Å². The zero-order valence-electron chi connectivity index (χ0n) is 9.33. The number of aromatic nitrogens is 2. The molecule has 0 saturated carbocycles. The molecule has 0 radical (unpaired) electrons. The van der Waals surface area contributed by atoms with Gasteiger partial charge in [-0.3, -0.25) is 4.79 Å². The first kappa shape index (κ1) is 11.8. The second kappa shape index (κ2) is 4.70. The fraction of sp³-hybridized carbons (Fsp3) is 0.600. The Morgan fingerprint density at radius 2 is 2.31 bits per heavy atom. The van der Waals surface area contributed by atoms with Gasteiger partial charge in [-0.2, -0.15) is 0 Å². The number of aromatic amines is 1. The van der Waals surface area contributed by atoms with Crippen LogP contribution < -0.4 is 15.8 Å². The van der Waals surface area contributed by atoms with Gasteiger partial charge in [0.05, 0.1) is 6.33 Å². The number of nitrogens with zero attached hydrogens (tertiary/aromatic N) is 2. The third kappa shape index (κ3) is 2.22. The lowest BCUT2D eigenvalue weighted by atomic mass is 10.1. The third-order valence-electron chi connectivity index (χ3n) is 2.81. The molecule has 0 aliphatic carbocycles. The minimum atomic E-state index is -0.0658. The van der Waals surface area contributed by atoms with Gasteiger partial charge in [-0.25, -0.2) is 4.98 Å². The molecule has 2 unspecified atom stereocenters. The minimum absolute atomic E-state index is 0.0658. The first-order valence-electron chi connectivity index (χ1n) is 5.33. The summed E-state index contributed by atoms with van der Waals surface area (Å²) in [5, 5.41) is 3.41. The number of H-pyrrole nitrogens is 1. The predicted octanol–water partition coefficient (Wildman–Crippen LogP) is 0.561. The molecule has 6 heteroatoms. The van der Waals surface area contributed by atoms with Gasteiger partial charge in [0.25, 0.3) is 5.56 Å². The standard InChI is InChI=1S/C10H15IN4O/c1-6-4-15(7(2)3-12-6)9-8(11)10(16)14-5-13-9/h5-7,12H,3-4H2,1-2H3,(H,13,14,16). The van der Waals surface area contributed by atoms with Crippen LogP contribution >= 0.6 is 22.6 Å². The summed E-state index contributed by atoms with van der Waals surface area (Å²) in [6.45, 7) is 6.08. The smallest absolute Gasteiger partial charge is 0.266 e. The molecule has 88 valence electrons. The van der Waals surface area contributed by atoms with Gasteiger partial charge in [0, 0.05) is 25.2 Å². The molecular weight excluding hydrogens is 319 g/mol. The van der Waals surface area contributed by atoms with Crippen molar-refractivity contribution in [2.24, 2.45) is 0 Å². The number of halogens is 1. The van der Waals surface area contributed by atoms with Crippen molar-refractivity contribution in [2.75, 3.05) is 18.0 Å². The lowest BCUT2D eigenvalue weighted by Crippen LogP contribution is -2.55. The normalized spacial score (nSPS) is 25.8. The van der Waals surface area contributed by atoms with E-state index in [0.29, 0.717) is 15.7 Å². The summed E-state index contributed by atoms with van der Waals surface area (Å²) >= 11 is 2.06. The highest BCUT2D eigenvalue weighted by molar-refractivity contribution is 14.1. The van der Waals surface area contributed by atoms with Crippen molar-refractivity contribution in [2.45, 2.75) is 25.9 Å². The monoisotopic (exact) mass is 334 g/mol. The SMILES string of the molecule is CC1CN(c2nc[nH]c(=O)c2I)C(C)CN1. The van der Waals surface area contributed by atoms with E-state index in [-0.39, 0.29) is 5.56 Å². The molecule has 16 heavy (non-hydrogen) atoms. The van der Waals surface area contributed by atoms with Crippen LogP contribution in [0, 0.1) is 3.57 Å². The van der Waals surface area contributed by atoms with Crippen molar-refractivity contribution in [1.82, 2.24) is 15.3 Å². The van der Waals surface area contributed by atoms with E-state index in [4.69, 9.17) is 0 Å². The molecular formula is C10H15IN4O. The molecule has 1 fully saturated rings. The first-order valence-corrected chi connectivity index (χ1v) is 6.40. The number of anilines is 1. The second-order valence-corrected chi connectivity index (χ2v) is 5.26. The third-order valence-corrected chi connectivity index (χ3v) is 3.79. The van der Waals surface area contributed by atoms with Crippen LogP contribution in [-0.2, 0) is 0 Å². The molecule has 0 bridgehead atoms. The molecule has 1 aromatic rings. The van der Waals surface area contributed by atoms with E-state index in [1.807, 2.05) is 0 Å². The lowest BCUT2D eigenvalue weighted by molar-refractivity contribution is 0.422. The van der Waals surface area contributed by atoms with Crippen molar-refractivity contribution in [3.05, 3.63) is 20.3 Å². The number of hydrogen-bond donors (Lipinski definition) is 2. The Morgan fingerprint density at radius 1 is 1.56 bits per heavy atom. The fourth-order valence-corrected chi connectivity index (χ4v) is 2.50. The van der Waals surface area contributed by atoms with Crippen LogP contribution in [0.25, 0.3) is 0 Å². The molecule has 0 spiro atoms. The van der Waals surface area contributed by atoms with E-state index in [9.17, 15) is 4.79 Å². The maximum absolute atomic E-state index is 11.5. The summed E-state index contributed by atoms with van der Waals surface area (Å²) in [6.07, 6.45) is 1.47. The molecule has 1 saturated heterocycles. The van der Waals surface area contributed by atoms with Crippen molar-refractivity contribution in [3.8, 4) is 0 Å². The molecule has 2 atom stereocenters. The van der Waals surface area contributed by atoms with Crippen molar-refractivity contribution < 1.29 is 0 Å². The van der Waals surface area contributed by atoms with Gasteiger partial charge < -0.3 is 15.2 Å². The van der Waals surface area contributed by atoms with E-state index < -0.39 is 0 Å². The summed E-state index contributed by atoms with van der Waals surface area (Å²) in [5.74, 6) is 0.796. The Kier molecular flexibility index (Phi) is 3.48. The van der Waals surface area contributed by atoms with E-state index >= 15 is 0 Å². The molecule has 1 aliphatic rings. The van der Waals surface area contributed by atoms with Gasteiger partial charge in [0.15, 0.2) is 0 Å². The predicted molar refractivity (Wildman–Crippen MR) is 71.8 cm³/mol. The summed E-state index contributed by atoms with van der Waals surface area (Å²) < 4.78 is 0.668. The lowest BCUT2D eigenvalue weighted by Gasteiger charge is -2.38. The minimum Gasteiger partial charge on any atom is -0.350 e. The van der Waals surface area contributed by atoms with E-state index in [1.54, 1.807) is 0 Å². The van der Waals surface area contributed by atoms with Gasteiger partial charge in [-0.1, -0.05) is 0 Å². The van der Waals surface area contributed by atoms with Crippen molar-refractivity contribution in [1.29, 1.82) is 0 Å². The van der Waals surface area contributed by atoms with Crippen LogP contribution in [0.15, 0.2) is 11.1 Å². The average Bonchev–Trinajstić information content (AvgIpc) is 2.26. The summed E-state index contributed by atoms with van der Waals surface area (Å²) in [4.78, 5) is 20.6. The molecule has 2 heterocycles. The largest absolute Gasteiger partial charge is 0.350 e. The Labute approximate surface area is 108 Å². The summed E-state index contributed by atoms with van der Waals surface area (Å²) in [6, 6.07) is 0.784. The Hall–Kier alpha value is -0.630. The Balaban J connectivity index is 2.35. The van der Waals surface area contributed by atoms with Crippen LogP contribution in [0.2, 0.25) is 0 Å². The van der Waals surface area contributed by atoms with Crippen LogP contribution in [0.4, 0.5) is 5.82 Å². The van der Waals surface area contributed by atoms with Gasteiger partial charge in [-0.15, -0.1) is 0 Å². The molecule has 2 rings (SSSR count). The van der Waals surface area contributed by atoms with Crippen molar-refractivity contribution in [3.63, 3.8) is 0 Å². The van der Waals surface area contributed by atoms with E-state index in [0.717, 1.165) is 18.9 Å². The van der Waals surface area contributed by atoms with Crippen LogP contribution in [0.3, 0.4) is 0 Å². The molecule has 0 amide bonds. The molecule has 5 nitrogen and oxygen atoms in total. The molecule has 0 aromatic carbocycles. The fourth-order valence-electron chi connectivity index (χ4n) is 1.89. The highest BCUT2D eigenvalue weighted by atomic mass is 127. The highest BCUT2D eigenvalue weighted by Crippen LogP contribution is 2.20. The van der Waals surface area contributed by atoms with E-state index in [1.165, 1.54) is 6.33 Å². The Bertz CT molecular complexity index is 433. The summed E-state index contributed by atoms with van der Waals surface area (Å²) in [7, 11) is 0. The number of nitrogens with one attached hydrogen (secondary N) is 2. The van der Waals surface area contributed by atoms with Crippen LogP contribution in [0.5, 0.6) is 0 Å². The van der Waals surface area contributed by atoms with Gasteiger partial charge in [0.1, 0.15) is 9.39 Å². The maximum Gasteiger partial charge on any atom is 0.266 e. The molecule has 2 N–H and O–H groups in total. The summed E-state index contributed by atoms with van der Waals surface area (Å²) in [5.41, 5.74) is -0.0658. The zero-order chi connectivity index (χ0) is 11.7. The first-order chi connectivity index (χ1) is 7.59. The quantitative estimate of drug-likeness (QED) is 0.737.